The SMILES string of the molecule is CC(C)(C)OC(=O)NC1(CF)CCN(C(=O)OCc2ccccc2)C1. The maximum absolute atomic E-state index is 13.6. The van der Waals surface area contributed by atoms with Gasteiger partial charge in [0.1, 0.15) is 18.9 Å². The summed E-state index contributed by atoms with van der Waals surface area (Å²) < 4.78 is 24.0. The van der Waals surface area contributed by atoms with E-state index in [0.29, 0.717) is 13.0 Å². The molecule has 0 aromatic heterocycles. The maximum Gasteiger partial charge on any atom is 0.410 e. The van der Waals surface area contributed by atoms with Gasteiger partial charge < -0.3 is 19.7 Å². The van der Waals surface area contributed by atoms with Crippen LogP contribution >= 0.6 is 0 Å². The molecule has 2 rings (SSSR count). The van der Waals surface area contributed by atoms with Crippen LogP contribution in [-0.4, -0.2) is 48.0 Å². The summed E-state index contributed by atoms with van der Waals surface area (Å²) in [7, 11) is 0. The third-order valence-corrected chi connectivity index (χ3v) is 3.84. The van der Waals surface area contributed by atoms with Crippen LogP contribution in [0.2, 0.25) is 0 Å². The summed E-state index contributed by atoms with van der Waals surface area (Å²) in [6.45, 7) is 4.93. The molecule has 1 atom stereocenters. The van der Waals surface area contributed by atoms with Crippen LogP contribution in [0.3, 0.4) is 0 Å². The van der Waals surface area contributed by atoms with Gasteiger partial charge in [0.05, 0.1) is 5.54 Å². The lowest BCUT2D eigenvalue weighted by Gasteiger charge is -2.29. The van der Waals surface area contributed by atoms with Crippen molar-refractivity contribution < 1.29 is 23.5 Å². The molecule has 0 saturated carbocycles. The highest BCUT2D eigenvalue weighted by Gasteiger charge is 2.43. The number of carbonyl (C=O) groups is 2. The van der Waals surface area contributed by atoms with E-state index in [1.54, 1.807) is 20.8 Å². The maximum atomic E-state index is 13.6. The molecule has 138 valence electrons. The van der Waals surface area contributed by atoms with Crippen LogP contribution in [0.4, 0.5) is 14.0 Å². The number of ether oxygens (including phenoxy) is 2. The van der Waals surface area contributed by atoms with Gasteiger partial charge in [0.25, 0.3) is 0 Å². The van der Waals surface area contributed by atoms with E-state index >= 15 is 0 Å². The number of hydrogen-bond donors (Lipinski definition) is 1. The Labute approximate surface area is 147 Å². The Bertz CT molecular complexity index is 603. The van der Waals surface area contributed by atoms with Gasteiger partial charge in [0.15, 0.2) is 0 Å². The first-order valence-corrected chi connectivity index (χ1v) is 8.26. The highest BCUT2D eigenvalue weighted by atomic mass is 19.1. The second-order valence-electron chi connectivity index (χ2n) is 7.25. The van der Waals surface area contributed by atoms with Gasteiger partial charge in [-0.05, 0) is 32.8 Å². The number of hydrogen-bond acceptors (Lipinski definition) is 4. The Kier molecular flexibility index (Phi) is 5.87. The van der Waals surface area contributed by atoms with Crippen LogP contribution in [0, 0.1) is 0 Å². The van der Waals surface area contributed by atoms with Gasteiger partial charge in [-0.1, -0.05) is 30.3 Å². The summed E-state index contributed by atoms with van der Waals surface area (Å²) in [6.07, 6.45) is -0.904. The predicted octanol–water partition coefficient (Wildman–Crippen LogP) is 3.26. The third kappa shape index (κ3) is 5.62. The van der Waals surface area contributed by atoms with E-state index in [9.17, 15) is 14.0 Å². The van der Waals surface area contributed by atoms with Gasteiger partial charge in [-0.15, -0.1) is 0 Å². The Hall–Kier alpha value is -2.31. The second kappa shape index (κ2) is 7.72. The number of nitrogens with zero attached hydrogens (tertiary/aromatic N) is 1. The smallest absolute Gasteiger partial charge is 0.410 e. The quantitative estimate of drug-likeness (QED) is 0.903. The van der Waals surface area contributed by atoms with Gasteiger partial charge >= 0.3 is 12.2 Å². The molecular weight excluding hydrogens is 327 g/mol. The van der Waals surface area contributed by atoms with Gasteiger partial charge in [-0.2, -0.15) is 0 Å². The molecule has 1 heterocycles. The summed E-state index contributed by atoms with van der Waals surface area (Å²) in [4.78, 5) is 25.5. The molecule has 2 amide bonds. The normalized spacial score (nSPS) is 20.2. The molecule has 0 radical (unpaired) electrons. The first-order valence-electron chi connectivity index (χ1n) is 8.26. The fourth-order valence-electron chi connectivity index (χ4n) is 2.60. The topological polar surface area (TPSA) is 67.9 Å². The molecule has 1 aromatic rings. The molecule has 1 aromatic carbocycles. The largest absolute Gasteiger partial charge is 0.445 e. The Morgan fingerprint density at radius 2 is 1.96 bits per heavy atom. The minimum atomic E-state index is -1.13. The molecular formula is C18H25FN2O4. The van der Waals surface area contributed by atoms with E-state index in [1.807, 2.05) is 30.3 Å². The Balaban J connectivity index is 1.88. The molecule has 6 nitrogen and oxygen atoms in total. The Morgan fingerprint density at radius 1 is 1.28 bits per heavy atom. The molecule has 7 heteroatoms. The zero-order valence-electron chi connectivity index (χ0n) is 14.9. The van der Waals surface area contributed by atoms with Crippen LogP contribution in [-0.2, 0) is 16.1 Å². The predicted molar refractivity (Wildman–Crippen MR) is 90.9 cm³/mol. The molecule has 1 N–H and O–H groups in total. The summed E-state index contributed by atoms with van der Waals surface area (Å²) >= 11 is 0. The monoisotopic (exact) mass is 352 g/mol. The summed E-state index contributed by atoms with van der Waals surface area (Å²) in [6, 6.07) is 9.31. The van der Waals surface area contributed by atoms with E-state index in [4.69, 9.17) is 9.47 Å². The Morgan fingerprint density at radius 3 is 2.56 bits per heavy atom. The average Bonchev–Trinajstić information content (AvgIpc) is 2.96. The fraction of sp³-hybridized carbons (Fsp3) is 0.556. The van der Waals surface area contributed by atoms with Crippen molar-refractivity contribution in [2.45, 2.75) is 44.9 Å². The second-order valence-corrected chi connectivity index (χ2v) is 7.25. The van der Waals surface area contributed by atoms with Crippen LogP contribution in [0.25, 0.3) is 0 Å². The van der Waals surface area contributed by atoms with E-state index in [-0.39, 0.29) is 13.2 Å². The number of benzene rings is 1. The van der Waals surface area contributed by atoms with Gasteiger partial charge in [0.2, 0.25) is 0 Å². The lowest BCUT2D eigenvalue weighted by atomic mass is 10.0. The number of likely N-dealkylation sites (tertiary alicyclic amines) is 1. The molecule has 25 heavy (non-hydrogen) atoms. The molecule has 0 aliphatic carbocycles. The van der Waals surface area contributed by atoms with Crippen molar-refractivity contribution in [3.8, 4) is 0 Å². The van der Waals surface area contributed by atoms with Crippen molar-refractivity contribution in [1.82, 2.24) is 10.2 Å². The standard InChI is InChI=1S/C18H25FN2O4/c1-17(2,3)25-15(22)20-18(12-19)9-10-21(13-18)16(23)24-11-14-7-5-4-6-8-14/h4-8H,9-13H2,1-3H3,(H,20,22). The number of rotatable bonds is 4. The first-order chi connectivity index (χ1) is 11.7. The molecule has 1 unspecified atom stereocenters. The molecule has 1 aliphatic rings. The van der Waals surface area contributed by atoms with Crippen molar-refractivity contribution in [3.05, 3.63) is 35.9 Å². The summed E-state index contributed by atoms with van der Waals surface area (Å²) in [5.41, 5.74) is -0.929. The number of nitrogens with one attached hydrogen (secondary N) is 1. The van der Waals surface area contributed by atoms with E-state index in [2.05, 4.69) is 5.32 Å². The lowest BCUT2D eigenvalue weighted by Crippen LogP contribution is -2.53. The van der Waals surface area contributed by atoms with Gasteiger partial charge in [-0.25, -0.2) is 14.0 Å². The molecule has 1 fully saturated rings. The number of amides is 2. The molecule has 0 spiro atoms. The van der Waals surface area contributed by atoms with Crippen LogP contribution in [0.1, 0.15) is 32.8 Å². The van der Waals surface area contributed by atoms with Crippen molar-refractivity contribution in [2.75, 3.05) is 19.8 Å². The molecule has 1 saturated heterocycles. The fourth-order valence-corrected chi connectivity index (χ4v) is 2.60. The molecule has 1 aliphatic heterocycles. The highest BCUT2D eigenvalue weighted by molar-refractivity contribution is 5.71. The average molecular weight is 352 g/mol. The van der Waals surface area contributed by atoms with Crippen LogP contribution in [0.5, 0.6) is 0 Å². The van der Waals surface area contributed by atoms with Crippen molar-refractivity contribution >= 4 is 12.2 Å². The zero-order chi connectivity index (χ0) is 18.5. The minimum Gasteiger partial charge on any atom is -0.445 e. The van der Waals surface area contributed by atoms with E-state index < -0.39 is 30.0 Å². The number of alkyl halides is 1. The molecule has 0 bridgehead atoms. The van der Waals surface area contributed by atoms with Gasteiger partial charge in [0, 0.05) is 13.1 Å². The van der Waals surface area contributed by atoms with E-state index in [0.717, 1.165) is 5.56 Å². The number of carbonyl (C=O) groups excluding carboxylic acids is 2. The minimum absolute atomic E-state index is 0.0520. The summed E-state index contributed by atoms with van der Waals surface area (Å²) in [5, 5.41) is 2.57. The van der Waals surface area contributed by atoms with Crippen molar-refractivity contribution in [2.24, 2.45) is 0 Å². The van der Waals surface area contributed by atoms with Crippen molar-refractivity contribution in [1.29, 1.82) is 0 Å². The number of alkyl carbamates (subject to hydrolysis) is 1. The van der Waals surface area contributed by atoms with Crippen LogP contribution < -0.4 is 5.32 Å². The zero-order valence-corrected chi connectivity index (χ0v) is 14.9. The number of halogens is 1. The van der Waals surface area contributed by atoms with Crippen LogP contribution in [0.15, 0.2) is 30.3 Å². The lowest BCUT2D eigenvalue weighted by molar-refractivity contribution is 0.0433. The van der Waals surface area contributed by atoms with Gasteiger partial charge in [-0.3, -0.25) is 0 Å². The third-order valence-electron chi connectivity index (χ3n) is 3.84. The van der Waals surface area contributed by atoms with Crippen molar-refractivity contribution in [3.63, 3.8) is 0 Å². The summed E-state index contributed by atoms with van der Waals surface area (Å²) in [5.74, 6) is 0. The highest BCUT2D eigenvalue weighted by Crippen LogP contribution is 2.24. The first kappa shape index (κ1) is 19.0. The van der Waals surface area contributed by atoms with E-state index in [1.165, 1.54) is 4.90 Å².